The van der Waals surface area contributed by atoms with Gasteiger partial charge >= 0.3 is 0 Å². The number of furan rings is 1. The van der Waals surface area contributed by atoms with Gasteiger partial charge in [0.25, 0.3) is 0 Å². The predicted octanol–water partition coefficient (Wildman–Crippen LogP) is 3.99. The molecule has 0 fully saturated rings. The van der Waals surface area contributed by atoms with E-state index < -0.39 is 5.54 Å². The number of thioether (sulfide) groups is 1. The molecular formula is C22H24N4O2S. The van der Waals surface area contributed by atoms with Gasteiger partial charge < -0.3 is 9.73 Å². The number of benzene rings is 1. The summed E-state index contributed by atoms with van der Waals surface area (Å²) in [7, 11) is 0. The maximum atomic E-state index is 12.5. The average Bonchev–Trinajstić information content (AvgIpc) is 3.41. The van der Waals surface area contributed by atoms with Crippen LogP contribution in [0.4, 0.5) is 0 Å². The van der Waals surface area contributed by atoms with E-state index in [1.807, 2.05) is 60.9 Å². The van der Waals surface area contributed by atoms with Gasteiger partial charge in [-0.1, -0.05) is 61.9 Å². The van der Waals surface area contributed by atoms with Crippen LogP contribution in [0.25, 0.3) is 11.6 Å². The Morgan fingerprint density at radius 3 is 2.59 bits per heavy atom. The number of terminal acetylenes is 1. The topological polar surface area (TPSA) is 73.0 Å². The highest BCUT2D eigenvalue weighted by Gasteiger charge is 2.26. The summed E-state index contributed by atoms with van der Waals surface area (Å²) in [6.07, 6.45) is 8.61. The first-order valence-electron chi connectivity index (χ1n) is 9.53. The van der Waals surface area contributed by atoms with Gasteiger partial charge in [-0.2, -0.15) is 0 Å². The standard InChI is InChI=1S/C22H24N4O2S/c1-4-22(5-2,6-3)23-19(27)16-29-21-25-24-20(18-13-10-14-28-18)26(21)15-17-11-8-7-9-12-17/h1,7-14H,5-6,15-16H2,2-3H3,(H,23,27). The van der Waals surface area contributed by atoms with Crippen molar-refractivity contribution < 1.29 is 9.21 Å². The number of carbonyl (C=O) groups is 1. The van der Waals surface area contributed by atoms with Gasteiger partial charge in [0.1, 0.15) is 5.54 Å². The van der Waals surface area contributed by atoms with Crippen molar-refractivity contribution in [3.05, 3.63) is 54.3 Å². The molecule has 0 radical (unpaired) electrons. The lowest BCUT2D eigenvalue weighted by molar-refractivity contribution is -0.119. The van der Waals surface area contributed by atoms with E-state index in [1.54, 1.807) is 6.26 Å². The van der Waals surface area contributed by atoms with Gasteiger partial charge in [0.2, 0.25) is 11.7 Å². The Hall–Kier alpha value is -2.98. The molecule has 7 heteroatoms. The van der Waals surface area contributed by atoms with Gasteiger partial charge in [-0.25, -0.2) is 0 Å². The van der Waals surface area contributed by atoms with Gasteiger partial charge in [-0.3, -0.25) is 9.36 Å². The van der Waals surface area contributed by atoms with E-state index in [2.05, 4.69) is 21.4 Å². The first-order valence-corrected chi connectivity index (χ1v) is 10.5. The quantitative estimate of drug-likeness (QED) is 0.428. The molecule has 29 heavy (non-hydrogen) atoms. The molecule has 6 nitrogen and oxygen atoms in total. The minimum absolute atomic E-state index is 0.120. The van der Waals surface area contributed by atoms with Crippen LogP contribution < -0.4 is 5.32 Å². The van der Waals surface area contributed by atoms with Crippen LogP contribution in [0.5, 0.6) is 0 Å². The van der Waals surface area contributed by atoms with Crippen molar-refractivity contribution in [3.8, 4) is 23.9 Å². The number of hydrogen-bond donors (Lipinski definition) is 1. The second-order valence-electron chi connectivity index (χ2n) is 6.63. The third-order valence-corrected chi connectivity index (χ3v) is 5.80. The minimum Gasteiger partial charge on any atom is -0.461 e. The molecule has 0 spiro atoms. The molecule has 0 saturated heterocycles. The Morgan fingerprint density at radius 2 is 1.97 bits per heavy atom. The molecule has 1 amide bonds. The molecule has 1 aromatic carbocycles. The summed E-state index contributed by atoms with van der Waals surface area (Å²) in [5.41, 5.74) is 0.504. The molecule has 3 rings (SSSR count). The van der Waals surface area contributed by atoms with Crippen LogP contribution in [-0.4, -0.2) is 32.0 Å². The molecule has 150 valence electrons. The normalized spacial score (nSPS) is 11.2. The maximum absolute atomic E-state index is 12.5. The summed E-state index contributed by atoms with van der Waals surface area (Å²) in [5, 5.41) is 12.2. The van der Waals surface area contributed by atoms with E-state index in [4.69, 9.17) is 10.8 Å². The Morgan fingerprint density at radius 1 is 1.21 bits per heavy atom. The van der Waals surface area contributed by atoms with E-state index in [0.717, 1.165) is 5.56 Å². The van der Waals surface area contributed by atoms with Gasteiger partial charge in [0.15, 0.2) is 10.9 Å². The second-order valence-corrected chi connectivity index (χ2v) is 7.57. The molecule has 0 unspecified atom stereocenters. The maximum Gasteiger partial charge on any atom is 0.231 e. The van der Waals surface area contributed by atoms with Crippen molar-refractivity contribution in [1.82, 2.24) is 20.1 Å². The molecular weight excluding hydrogens is 384 g/mol. The number of amides is 1. The molecule has 0 aliphatic heterocycles. The van der Waals surface area contributed by atoms with Crippen molar-refractivity contribution >= 4 is 17.7 Å². The van der Waals surface area contributed by atoms with Crippen LogP contribution in [0.3, 0.4) is 0 Å². The third-order valence-electron chi connectivity index (χ3n) is 4.84. The first kappa shape index (κ1) is 20.7. The highest BCUT2D eigenvalue weighted by molar-refractivity contribution is 7.99. The fourth-order valence-corrected chi connectivity index (χ4v) is 3.73. The lowest BCUT2D eigenvalue weighted by Crippen LogP contribution is -2.47. The second kappa shape index (κ2) is 9.48. The van der Waals surface area contributed by atoms with E-state index in [1.165, 1.54) is 11.8 Å². The summed E-state index contributed by atoms with van der Waals surface area (Å²) >= 11 is 1.33. The van der Waals surface area contributed by atoms with Gasteiger partial charge in [0, 0.05) is 0 Å². The smallest absolute Gasteiger partial charge is 0.231 e. The molecule has 0 bridgehead atoms. The molecule has 0 atom stereocenters. The number of nitrogens with zero attached hydrogens (tertiary/aromatic N) is 3. The molecule has 2 heterocycles. The Labute approximate surface area is 175 Å². The monoisotopic (exact) mass is 408 g/mol. The van der Waals surface area contributed by atoms with Crippen LogP contribution in [0.2, 0.25) is 0 Å². The van der Waals surface area contributed by atoms with Crippen LogP contribution in [0.1, 0.15) is 32.3 Å². The van der Waals surface area contributed by atoms with Crippen molar-refractivity contribution in [3.63, 3.8) is 0 Å². The molecule has 1 N–H and O–H groups in total. The summed E-state index contributed by atoms with van der Waals surface area (Å²) in [4.78, 5) is 12.5. The minimum atomic E-state index is -0.602. The molecule has 0 aliphatic carbocycles. The Balaban J connectivity index is 1.79. The third kappa shape index (κ3) is 4.90. The van der Waals surface area contributed by atoms with Crippen LogP contribution in [0.15, 0.2) is 58.3 Å². The van der Waals surface area contributed by atoms with Gasteiger partial charge in [-0.15, -0.1) is 16.6 Å². The fraction of sp³-hybridized carbons (Fsp3) is 0.318. The highest BCUT2D eigenvalue weighted by Crippen LogP contribution is 2.25. The molecule has 0 aliphatic rings. The Kier molecular flexibility index (Phi) is 6.78. The Bertz CT molecular complexity index is 970. The summed E-state index contributed by atoms with van der Waals surface area (Å²) in [6.45, 7) is 4.53. The summed E-state index contributed by atoms with van der Waals surface area (Å²) < 4.78 is 7.47. The van der Waals surface area contributed by atoms with Crippen molar-refractivity contribution in [1.29, 1.82) is 0 Å². The summed E-state index contributed by atoms with van der Waals surface area (Å²) in [5.74, 6) is 4.07. The van der Waals surface area contributed by atoms with Gasteiger partial charge in [0.05, 0.1) is 18.6 Å². The SMILES string of the molecule is C#CC(CC)(CC)NC(=O)CSc1nnc(-c2ccco2)n1Cc1ccccc1. The zero-order valence-corrected chi connectivity index (χ0v) is 17.4. The zero-order valence-electron chi connectivity index (χ0n) is 16.6. The lowest BCUT2D eigenvalue weighted by Gasteiger charge is -2.26. The number of nitrogens with one attached hydrogen (secondary N) is 1. The molecule has 2 aromatic heterocycles. The van der Waals surface area contributed by atoms with Crippen molar-refractivity contribution in [2.45, 2.75) is 43.9 Å². The number of carbonyl (C=O) groups excluding carboxylic acids is 1. The van der Waals surface area contributed by atoms with Crippen LogP contribution in [-0.2, 0) is 11.3 Å². The first-order chi connectivity index (χ1) is 14.1. The van der Waals surface area contributed by atoms with Crippen molar-refractivity contribution in [2.75, 3.05) is 5.75 Å². The van der Waals surface area contributed by atoms with E-state index >= 15 is 0 Å². The van der Waals surface area contributed by atoms with E-state index in [-0.39, 0.29) is 11.7 Å². The van der Waals surface area contributed by atoms with E-state index in [0.29, 0.717) is 36.1 Å². The highest BCUT2D eigenvalue weighted by atomic mass is 32.2. The van der Waals surface area contributed by atoms with Crippen molar-refractivity contribution in [2.24, 2.45) is 0 Å². The predicted molar refractivity (Wildman–Crippen MR) is 114 cm³/mol. The number of hydrogen-bond acceptors (Lipinski definition) is 5. The zero-order chi connectivity index (χ0) is 20.7. The molecule has 0 saturated carbocycles. The van der Waals surface area contributed by atoms with Crippen LogP contribution >= 0.6 is 11.8 Å². The van der Waals surface area contributed by atoms with Crippen LogP contribution in [0, 0.1) is 12.3 Å². The lowest BCUT2D eigenvalue weighted by atomic mass is 9.94. The summed E-state index contributed by atoms with van der Waals surface area (Å²) in [6, 6.07) is 13.7. The molecule has 3 aromatic rings. The average molecular weight is 409 g/mol. The van der Waals surface area contributed by atoms with Gasteiger partial charge in [-0.05, 0) is 30.5 Å². The van der Waals surface area contributed by atoms with E-state index in [9.17, 15) is 4.79 Å². The fourth-order valence-electron chi connectivity index (χ4n) is 2.99. The number of rotatable bonds is 9. The number of aromatic nitrogens is 3. The largest absolute Gasteiger partial charge is 0.461 e.